The number of halogens is 3. The molecular formula is C18H18ClF2N5O2. The van der Waals surface area contributed by atoms with Crippen LogP contribution in [0.5, 0.6) is 5.88 Å². The van der Waals surface area contributed by atoms with Gasteiger partial charge < -0.3 is 10.1 Å². The van der Waals surface area contributed by atoms with Crippen molar-refractivity contribution >= 4 is 28.4 Å². The molecule has 10 heteroatoms. The number of amides is 1. The maximum atomic E-state index is 12.3. The Morgan fingerprint density at radius 2 is 2.14 bits per heavy atom. The summed E-state index contributed by atoms with van der Waals surface area (Å²) in [4.78, 5) is 20.5. The predicted molar refractivity (Wildman–Crippen MR) is 100.0 cm³/mol. The van der Waals surface area contributed by atoms with Gasteiger partial charge in [0, 0.05) is 24.6 Å². The van der Waals surface area contributed by atoms with E-state index in [1.165, 1.54) is 12.4 Å². The number of alkyl halides is 2. The first-order valence-electron chi connectivity index (χ1n) is 8.52. The van der Waals surface area contributed by atoms with Crippen molar-refractivity contribution in [2.45, 2.75) is 32.9 Å². The summed E-state index contributed by atoms with van der Waals surface area (Å²) >= 11 is 6.05. The van der Waals surface area contributed by atoms with Gasteiger partial charge in [0.2, 0.25) is 5.88 Å². The summed E-state index contributed by atoms with van der Waals surface area (Å²) < 4.78 is 31.0. The van der Waals surface area contributed by atoms with Crippen LogP contribution in [0.3, 0.4) is 0 Å². The number of hydrogen-bond acceptors (Lipinski definition) is 5. The second kappa shape index (κ2) is 8.47. The molecule has 3 aromatic heterocycles. The summed E-state index contributed by atoms with van der Waals surface area (Å²) in [5.74, 6) is -0.321. The van der Waals surface area contributed by atoms with Crippen LogP contribution in [-0.2, 0) is 6.54 Å². The lowest BCUT2D eigenvalue weighted by Crippen LogP contribution is -2.30. The summed E-state index contributed by atoms with van der Waals surface area (Å²) in [6.45, 7) is 3.28. The molecule has 0 fully saturated rings. The minimum Gasteiger partial charge on any atom is -0.471 e. The average molecular weight is 410 g/mol. The first-order chi connectivity index (χ1) is 13.3. The molecule has 0 radical (unpaired) electrons. The van der Waals surface area contributed by atoms with E-state index in [9.17, 15) is 13.6 Å². The van der Waals surface area contributed by atoms with E-state index >= 15 is 0 Å². The summed E-state index contributed by atoms with van der Waals surface area (Å²) in [5.41, 5.74) is 1.62. The molecule has 0 aromatic carbocycles. The molecule has 1 amide bonds. The molecule has 3 rings (SSSR count). The number of pyridine rings is 2. The fourth-order valence-electron chi connectivity index (χ4n) is 2.57. The van der Waals surface area contributed by atoms with Crippen LogP contribution in [0.15, 0.2) is 30.7 Å². The molecule has 0 atom stereocenters. The number of hydrogen-bond donors (Lipinski definition) is 1. The number of carbonyl (C=O) groups excluding carboxylic acids is 1. The van der Waals surface area contributed by atoms with Gasteiger partial charge >= 0.3 is 0 Å². The third-order valence-corrected chi connectivity index (χ3v) is 3.94. The van der Waals surface area contributed by atoms with E-state index in [0.717, 1.165) is 0 Å². The molecule has 0 saturated heterocycles. The molecule has 0 aliphatic heterocycles. The fourth-order valence-corrected chi connectivity index (χ4v) is 2.82. The second-order valence-corrected chi connectivity index (χ2v) is 6.79. The van der Waals surface area contributed by atoms with Crippen LogP contribution < -0.4 is 10.1 Å². The quantitative estimate of drug-likeness (QED) is 0.647. The predicted octanol–water partition coefficient (Wildman–Crippen LogP) is 3.31. The van der Waals surface area contributed by atoms with Crippen LogP contribution in [0.4, 0.5) is 8.78 Å². The number of rotatable bonds is 7. The highest BCUT2D eigenvalue weighted by Gasteiger charge is 2.15. The zero-order valence-electron chi connectivity index (χ0n) is 15.2. The number of nitrogens with one attached hydrogen (secondary N) is 1. The lowest BCUT2D eigenvalue weighted by molar-refractivity contribution is 0.0796. The maximum Gasteiger partial charge on any atom is 0.272 e. The summed E-state index contributed by atoms with van der Waals surface area (Å²) in [6, 6.07) is 3.27. The standard InChI is InChI=1S/C18H18ClF2N5O2/c1-10(2)24-17(27)16-12-8-26(25-14(12)3-4-22-16)7-11-5-13(19)18(23-6-11)28-9-15(20)21/h3-6,8,10,15H,7,9H2,1-2H3,(H,24,27). The zero-order chi connectivity index (χ0) is 20.3. The van der Waals surface area contributed by atoms with E-state index in [2.05, 4.69) is 20.4 Å². The van der Waals surface area contributed by atoms with Crippen molar-refractivity contribution in [1.29, 1.82) is 0 Å². The van der Waals surface area contributed by atoms with E-state index in [-0.39, 0.29) is 22.9 Å². The van der Waals surface area contributed by atoms with Crippen molar-refractivity contribution in [3.05, 3.63) is 47.0 Å². The Morgan fingerprint density at radius 3 is 2.82 bits per heavy atom. The van der Waals surface area contributed by atoms with Gasteiger partial charge in [0.1, 0.15) is 10.7 Å². The van der Waals surface area contributed by atoms with E-state index in [1.807, 2.05) is 13.8 Å². The van der Waals surface area contributed by atoms with Crippen molar-refractivity contribution in [3.8, 4) is 5.88 Å². The van der Waals surface area contributed by atoms with Gasteiger partial charge in [-0.1, -0.05) is 11.6 Å². The van der Waals surface area contributed by atoms with Crippen molar-refractivity contribution < 1.29 is 18.3 Å². The lowest BCUT2D eigenvalue weighted by atomic mass is 10.2. The molecule has 0 saturated carbocycles. The first-order valence-corrected chi connectivity index (χ1v) is 8.89. The number of aromatic nitrogens is 4. The molecule has 3 heterocycles. The number of fused-ring (bicyclic) bond motifs is 1. The zero-order valence-corrected chi connectivity index (χ0v) is 16.0. The van der Waals surface area contributed by atoms with Crippen LogP contribution in [0.1, 0.15) is 29.9 Å². The topological polar surface area (TPSA) is 81.9 Å². The molecule has 0 aliphatic rings. The van der Waals surface area contributed by atoms with Crippen LogP contribution >= 0.6 is 11.6 Å². The van der Waals surface area contributed by atoms with Crippen LogP contribution in [0.2, 0.25) is 5.02 Å². The number of carbonyl (C=O) groups is 1. The minimum atomic E-state index is -2.61. The molecule has 148 valence electrons. The first kappa shape index (κ1) is 19.9. The van der Waals surface area contributed by atoms with Gasteiger partial charge in [0.15, 0.2) is 6.61 Å². The summed E-state index contributed by atoms with van der Waals surface area (Å²) in [7, 11) is 0. The number of ether oxygens (including phenoxy) is 1. The highest BCUT2D eigenvalue weighted by atomic mass is 35.5. The highest BCUT2D eigenvalue weighted by Crippen LogP contribution is 2.24. The Hall–Kier alpha value is -2.81. The second-order valence-electron chi connectivity index (χ2n) is 6.38. The average Bonchev–Trinajstić information content (AvgIpc) is 3.02. The Kier molecular flexibility index (Phi) is 6.03. The third kappa shape index (κ3) is 4.72. The van der Waals surface area contributed by atoms with Crippen molar-refractivity contribution in [2.24, 2.45) is 0 Å². The normalized spacial score (nSPS) is 11.4. The molecule has 28 heavy (non-hydrogen) atoms. The van der Waals surface area contributed by atoms with E-state index in [4.69, 9.17) is 16.3 Å². The van der Waals surface area contributed by atoms with Gasteiger partial charge in [0.05, 0.1) is 17.4 Å². The summed E-state index contributed by atoms with van der Waals surface area (Å²) in [6.07, 6.45) is 2.11. The molecular weight excluding hydrogens is 392 g/mol. The highest BCUT2D eigenvalue weighted by molar-refractivity contribution is 6.31. The Labute approximate surface area is 164 Å². The van der Waals surface area contributed by atoms with Gasteiger partial charge in [-0.2, -0.15) is 5.10 Å². The van der Waals surface area contributed by atoms with Crippen molar-refractivity contribution in [3.63, 3.8) is 0 Å². The van der Waals surface area contributed by atoms with Gasteiger partial charge in [0.25, 0.3) is 12.3 Å². The molecule has 1 N–H and O–H groups in total. The smallest absolute Gasteiger partial charge is 0.272 e. The Balaban J connectivity index is 1.81. The molecule has 3 aromatic rings. The molecule has 0 aliphatic carbocycles. The van der Waals surface area contributed by atoms with Crippen molar-refractivity contribution in [1.82, 2.24) is 25.1 Å². The van der Waals surface area contributed by atoms with Crippen LogP contribution in [0, 0.1) is 0 Å². The lowest BCUT2D eigenvalue weighted by Gasteiger charge is -2.08. The SMILES string of the molecule is CC(C)NC(=O)c1nccc2nn(Cc3cnc(OCC(F)F)c(Cl)c3)cc12. The largest absolute Gasteiger partial charge is 0.471 e. The van der Waals surface area contributed by atoms with Gasteiger partial charge in [-0.05, 0) is 31.5 Å². The van der Waals surface area contributed by atoms with E-state index in [0.29, 0.717) is 28.7 Å². The fraction of sp³-hybridized carbons (Fsp3) is 0.333. The van der Waals surface area contributed by atoms with Gasteiger partial charge in [-0.25, -0.2) is 13.8 Å². The third-order valence-electron chi connectivity index (χ3n) is 3.67. The molecule has 0 unspecified atom stereocenters. The summed E-state index contributed by atoms with van der Waals surface area (Å²) in [5, 5.41) is 8.00. The van der Waals surface area contributed by atoms with Crippen LogP contribution in [0.25, 0.3) is 10.9 Å². The van der Waals surface area contributed by atoms with E-state index in [1.54, 1.807) is 23.0 Å². The van der Waals surface area contributed by atoms with Gasteiger partial charge in [-0.15, -0.1) is 0 Å². The molecule has 0 bridgehead atoms. The Morgan fingerprint density at radius 1 is 1.36 bits per heavy atom. The van der Waals surface area contributed by atoms with E-state index < -0.39 is 13.0 Å². The monoisotopic (exact) mass is 409 g/mol. The Bertz CT molecular complexity index is 993. The van der Waals surface area contributed by atoms with Crippen molar-refractivity contribution in [2.75, 3.05) is 6.61 Å². The maximum absolute atomic E-state index is 12.3. The number of nitrogens with zero attached hydrogens (tertiary/aromatic N) is 4. The van der Waals surface area contributed by atoms with Gasteiger partial charge in [-0.3, -0.25) is 14.5 Å². The molecule has 0 spiro atoms. The van der Waals surface area contributed by atoms with Crippen LogP contribution in [-0.4, -0.2) is 44.7 Å². The minimum absolute atomic E-state index is 0.0152. The molecule has 7 nitrogen and oxygen atoms in total.